The van der Waals surface area contributed by atoms with Crippen LogP contribution in [0.5, 0.6) is 0 Å². The summed E-state index contributed by atoms with van der Waals surface area (Å²) in [6, 6.07) is 9.05. The van der Waals surface area contributed by atoms with Crippen molar-refractivity contribution in [3.8, 4) is 0 Å². The lowest BCUT2D eigenvalue weighted by molar-refractivity contribution is -0.155. The van der Waals surface area contributed by atoms with Crippen LogP contribution in [0.15, 0.2) is 30.3 Å². The van der Waals surface area contributed by atoms with Gasteiger partial charge in [-0.05, 0) is 6.42 Å². The number of amides is 1. The molecule has 2 rings (SSSR count). The number of benzene rings is 1. The largest absolute Gasteiger partial charge is 0.444 e. The highest BCUT2D eigenvalue weighted by atomic mass is 16.5. The Bertz CT molecular complexity index is 466. The molecular formula is C15H20N2O4. The summed E-state index contributed by atoms with van der Waals surface area (Å²) in [5.74, 6) is -0.0614. The van der Waals surface area contributed by atoms with Crippen LogP contribution in [0, 0.1) is 0 Å². The van der Waals surface area contributed by atoms with Crippen LogP contribution in [-0.2, 0) is 19.1 Å². The van der Waals surface area contributed by atoms with Crippen LogP contribution in [0.25, 0.3) is 0 Å². The molecule has 0 aliphatic carbocycles. The molecule has 0 saturated carbocycles. The maximum Gasteiger partial charge on any atom is 0.294 e. The van der Waals surface area contributed by atoms with Crippen LogP contribution < -0.4 is 5.32 Å². The Kier molecular flexibility index (Phi) is 5.71. The van der Waals surface area contributed by atoms with E-state index in [-0.39, 0.29) is 11.9 Å². The molecule has 1 aliphatic rings. The molecular weight excluding hydrogens is 272 g/mol. The predicted octanol–water partition coefficient (Wildman–Crippen LogP) is 0.695. The van der Waals surface area contributed by atoms with Gasteiger partial charge in [-0.2, -0.15) is 0 Å². The van der Waals surface area contributed by atoms with E-state index in [4.69, 9.17) is 9.47 Å². The van der Waals surface area contributed by atoms with Crippen LogP contribution in [0.3, 0.4) is 0 Å². The third-order valence-corrected chi connectivity index (χ3v) is 3.54. The second-order valence-corrected chi connectivity index (χ2v) is 4.82. The number of carbonyl (C=O) groups is 2. The number of nitrogens with one attached hydrogen (secondary N) is 1. The van der Waals surface area contributed by atoms with E-state index in [2.05, 4.69) is 5.32 Å². The molecule has 0 radical (unpaired) electrons. The molecule has 6 heteroatoms. The summed E-state index contributed by atoms with van der Waals surface area (Å²) in [6.07, 6.45) is -0.00921. The van der Waals surface area contributed by atoms with Gasteiger partial charge in [0.15, 0.2) is 6.23 Å². The van der Waals surface area contributed by atoms with E-state index in [1.54, 1.807) is 7.11 Å². The summed E-state index contributed by atoms with van der Waals surface area (Å²) < 4.78 is 10.3. The maximum atomic E-state index is 12.1. The molecule has 1 amide bonds. The molecule has 1 saturated heterocycles. The zero-order valence-corrected chi connectivity index (χ0v) is 12.0. The first kappa shape index (κ1) is 15.5. The Balaban J connectivity index is 2.23. The smallest absolute Gasteiger partial charge is 0.294 e. The second-order valence-electron chi connectivity index (χ2n) is 4.82. The molecule has 1 heterocycles. The second kappa shape index (κ2) is 7.75. The third-order valence-electron chi connectivity index (χ3n) is 3.54. The van der Waals surface area contributed by atoms with Crippen LogP contribution in [0.1, 0.15) is 18.2 Å². The van der Waals surface area contributed by atoms with Crippen molar-refractivity contribution >= 4 is 12.4 Å². The van der Waals surface area contributed by atoms with Crippen molar-refractivity contribution in [1.82, 2.24) is 10.2 Å². The molecule has 0 bridgehead atoms. The van der Waals surface area contributed by atoms with Crippen LogP contribution in [-0.4, -0.2) is 50.1 Å². The highest BCUT2D eigenvalue weighted by Gasteiger charge is 2.35. The Labute approximate surface area is 124 Å². The zero-order chi connectivity index (χ0) is 15.1. The molecule has 21 heavy (non-hydrogen) atoms. The number of rotatable bonds is 7. The van der Waals surface area contributed by atoms with E-state index in [1.807, 2.05) is 35.2 Å². The molecule has 1 N–H and O–H groups in total. The molecule has 1 aromatic carbocycles. The molecule has 0 aromatic heterocycles. The molecule has 2 unspecified atom stereocenters. The standard InChI is InChI=1S/C15H20N2O4/c1-20-10-7-13-14(19)16-8-9-17(13)15(21-11-18)12-5-3-2-4-6-12/h2-6,11,13,15H,7-10H2,1H3,(H,16,19). The van der Waals surface area contributed by atoms with E-state index in [1.165, 1.54) is 0 Å². The summed E-state index contributed by atoms with van der Waals surface area (Å²) in [5.41, 5.74) is 0.849. The Hall–Kier alpha value is -1.92. The fourth-order valence-corrected chi connectivity index (χ4v) is 2.56. The van der Waals surface area contributed by atoms with Crippen LogP contribution >= 0.6 is 0 Å². The summed E-state index contributed by atoms with van der Waals surface area (Å²) in [6.45, 7) is 2.05. The number of piperazine rings is 1. The minimum Gasteiger partial charge on any atom is -0.444 e. The highest BCUT2D eigenvalue weighted by Crippen LogP contribution is 2.26. The molecule has 1 aliphatic heterocycles. The average Bonchev–Trinajstić information content (AvgIpc) is 2.52. The quantitative estimate of drug-likeness (QED) is 0.749. The lowest BCUT2D eigenvalue weighted by Crippen LogP contribution is -2.56. The van der Waals surface area contributed by atoms with Gasteiger partial charge in [-0.1, -0.05) is 30.3 Å². The van der Waals surface area contributed by atoms with Gasteiger partial charge in [-0.25, -0.2) is 0 Å². The van der Waals surface area contributed by atoms with Gasteiger partial charge in [-0.15, -0.1) is 0 Å². The fourth-order valence-electron chi connectivity index (χ4n) is 2.56. The molecule has 1 aromatic rings. The zero-order valence-electron chi connectivity index (χ0n) is 12.0. The number of methoxy groups -OCH3 is 1. The first-order chi connectivity index (χ1) is 10.3. The lowest BCUT2D eigenvalue weighted by atomic mass is 10.1. The van der Waals surface area contributed by atoms with Gasteiger partial charge < -0.3 is 14.8 Å². The van der Waals surface area contributed by atoms with E-state index in [0.717, 1.165) is 5.56 Å². The first-order valence-corrected chi connectivity index (χ1v) is 6.94. The van der Waals surface area contributed by atoms with Gasteiger partial charge in [0.2, 0.25) is 5.91 Å². The Morgan fingerprint density at radius 1 is 1.43 bits per heavy atom. The van der Waals surface area contributed by atoms with Crippen molar-refractivity contribution in [2.24, 2.45) is 0 Å². The predicted molar refractivity (Wildman–Crippen MR) is 76.3 cm³/mol. The summed E-state index contributed by atoms with van der Waals surface area (Å²) >= 11 is 0. The first-order valence-electron chi connectivity index (χ1n) is 6.94. The van der Waals surface area contributed by atoms with E-state index < -0.39 is 6.23 Å². The number of carbonyl (C=O) groups excluding carboxylic acids is 2. The topological polar surface area (TPSA) is 67.9 Å². The Morgan fingerprint density at radius 3 is 2.86 bits per heavy atom. The number of nitrogens with zero attached hydrogens (tertiary/aromatic N) is 1. The average molecular weight is 292 g/mol. The van der Waals surface area contributed by atoms with E-state index in [9.17, 15) is 9.59 Å². The minimum absolute atomic E-state index is 0.0614. The molecule has 2 atom stereocenters. The van der Waals surface area contributed by atoms with Gasteiger partial charge in [0.25, 0.3) is 6.47 Å². The summed E-state index contributed by atoms with van der Waals surface area (Å²) in [5, 5.41) is 2.84. The van der Waals surface area contributed by atoms with Crippen molar-refractivity contribution in [3.05, 3.63) is 35.9 Å². The van der Waals surface area contributed by atoms with Crippen molar-refractivity contribution in [1.29, 1.82) is 0 Å². The summed E-state index contributed by atoms with van der Waals surface area (Å²) in [4.78, 5) is 24.9. The lowest BCUT2D eigenvalue weighted by Gasteiger charge is -2.39. The van der Waals surface area contributed by atoms with Crippen molar-refractivity contribution < 1.29 is 19.1 Å². The molecule has 0 spiro atoms. The summed E-state index contributed by atoms with van der Waals surface area (Å²) in [7, 11) is 1.60. The van der Waals surface area contributed by atoms with Gasteiger partial charge in [-0.3, -0.25) is 14.5 Å². The molecule has 1 fully saturated rings. The number of ether oxygens (including phenoxy) is 2. The third kappa shape index (κ3) is 3.80. The molecule has 6 nitrogen and oxygen atoms in total. The van der Waals surface area contributed by atoms with Crippen molar-refractivity contribution in [2.45, 2.75) is 18.7 Å². The van der Waals surface area contributed by atoms with E-state index in [0.29, 0.717) is 32.6 Å². The van der Waals surface area contributed by atoms with Crippen molar-refractivity contribution in [3.63, 3.8) is 0 Å². The van der Waals surface area contributed by atoms with Crippen LogP contribution in [0.4, 0.5) is 0 Å². The normalized spacial score (nSPS) is 20.6. The Morgan fingerprint density at radius 2 is 2.19 bits per heavy atom. The van der Waals surface area contributed by atoms with Gasteiger partial charge in [0.1, 0.15) is 0 Å². The van der Waals surface area contributed by atoms with Crippen LogP contribution in [0.2, 0.25) is 0 Å². The monoisotopic (exact) mass is 292 g/mol. The van der Waals surface area contributed by atoms with Gasteiger partial charge in [0, 0.05) is 32.4 Å². The number of hydrogen-bond donors (Lipinski definition) is 1. The fraction of sp³-hybridized carbons (Fsp3) is 0.467. The highest BCUT2D eigenvalue weighted by molar-refractivity contribution is 5.82. The van der Waals surface area contributed by atoms with Crippen molar-refractivity contribution in [2.75, 3.05) is 26.8 Å². The van der Waals surface area contributed by atoms with E-state index >= 15 is 0 Å². The molecule has 114 valence electrons. The van der Waals surface area contributed by atoms with Gasteiger partial charge >= 0.3 is 0 Å². The van der Waals surface area contributed by atoms with Gasteiger partial charge in [0.05, 0.1) is 6.04 Å². The minimum atomic E-state index is -0.559. The maximum absolute atomic E-state index is 12.1. The number of hydrogen-bond acceptors (Lipinski definition) is 5. The SMILES string of the molecule is COCCC1C(=O)NCCN1C(OC=O)c1ccccc1.